The molecule has 0 radical (unpaired) electrons. The average molecular weight is 422 g/mol. The molecule has 0 atom stereocenters. The molecule has 4 rings (SSSR count). The molecule has 1 aromatic heterocycles. The summed E-state index contributed by atoms with van der Waals surface area (Å²) in [4.78, 5) is 14.5. The summed E-state index contributed by atoms with van der Waals surface area (Å²) in [5, 5.41) is 19.8. The normalized spacial score (nSPS) is 14.5. The largest absolute Gasteiger partial charge is 0.508 e. The van der Waals surface area contributed by atoms with Crippen LogP contribution in [0.5, 0.6) is 5.75 Å². The SMILES string of the molecule is NC(=O)c1c(NCc2ccc(O)cc2)n[nH]c1Cc1ccc(CN2CCOCC2)cc1. The highest BCUT2D eigenvalue weighted by molar-refractivity contribution is 5.98. The third-order valence-electron chi connectivity index (χ3n) is 5.40. The minimum absolute atomic E-state index is 0.208. The molecule has 1 fully saturated rings. The molecule has 8 heteroatoms. The number of aromatic nitrogens is 2. The first kappa shape index (κ1) is 20.9. The number of morpholine rings is 1. The maximum Gasteiger partial charge on any atom is 0.254 e. The van der Waals surface area contributed by atoms with Crippen LogP contribution in [0.4, 0.5) is 5.82 Å². The Kier molecular flexibility index (Phi) is 6.49. The monoisotopic (exact) mass is 421 g/mol. The van der Waals surface area contributed by atoms with Crippen LogP contribution >= 0.6 is 0 Å². The van der Waals surface area contributed by atoms with Gasteiger partial charge >= 0.3 is 0 Å². The highest BCUT2D eigenvalue weighted by Crippen LogP contribution is 2.21. The fraction of sp³-hybridized carbons (Fsp3) is 0.304. The van der Waals surface area contributed by atoms with E-state index in [1.165, 1.54) is 5.56 Å². The second-order valence-electron chi connectivity index (χ2n) is 7.69. The van der Waals surface area contributed by atoms with Crippen molar-refractivity contribution in [1.82, 2.24) is 15.1 Å². The highest BCUT2D eigenvalue weighted by atomic mass is 16.5. The second kappa shape index (κ2) is 9.63. The number of benzene rings is 2. The predicted molar refractivity (Wildman–Crippen MR) is 118 cm³/mol. The van der Waals surface area contributed by atoms with E-state index in [0.29, 0.717) is 30.0 Å². The van der Waals surface area contributed by atoms with E-state index < -0.39 is 5.91 Å². The van der Waals surface area contributed by atoms with Gasteiger partial charge in [0.15, 0.2) is 5.82 Å². The van der Waals surface area contributed by atoms with Gasteiger partial charge in [-0.05, 0) is 28.8 Å². The third kappa shape index (κ3) is 5.42. The Morgan fingerprint density at radius 2 is 1.71 bits per heavy atom. The number of nitrogens with one attached hydrogen (secondary N) is 2. The lowest BCUT2D eigenvalue weighted by molar-refractivity contribution is 0.0342. The quantitative estimate of drug-likeness (QED) is 0.443. The lowest BCUT2D eigenvalue weighted by Crippen LogP contribution is -2.35. The van der Waals surface area contributed by atoms with Gasteiger partial charge in [0.05, 0.1) is 18.9 Å². The van der Waals surface area contributed by atoms with Gasteiger partial charge in [-0.3, -0.25) is 14.8 Å². The predicted octanol–water partition coefficient (Wildman–Crippen LogP) is 2.25. The summed E-state index contributed by atoms with van der Waals surface area (Å²) in [6.07, 6.45) is 0.532. The third-order valence-corrected chi connectivity index (χ3v) is 5.40. The molecule has 2 heterocycles. The number of hydrogen-bond donors (Lipinski definition) is 4. The summed E-state index contributed by atoms with van der Waals surface area (Å²) >= 11 is 0. The molecule has 3 aromatic rings. The van der Waals surface area contributed by atoms with Crippen LogP contribution in [0.1, 0.15) is 32.7 Å². The van der Waals surface area contributed by atoms with Crippen molar-refractivity contribution in [3.8, 4) is 5.75 Å². The Hall–Kier alpha value is -3.36. The van der Waals surface area contributed by atoms with Crippen LogP contribution in [-0.2, 0) is 24.2 Å². The van der Waals surface area contributed by atoms with Crippen molar-refractivity contribution in [2.24, 2.45) is 5.73 Å². The highest BCUT2D eigenvalue weighted by Gasteiger charge is 2.18. The lowest BCUT2D eigenvalue weighted by Gasteiger charge is -2.26. The van der Waals surface area contributed by atoms with Crippen molar-refractivity contribution >= 4 is 11.7 Å². The van der Waals surface area contributed by atoms with E-state index in [1.54, 1.807) is 24.3 Å². The van der Waals surface area contributed by atoms with Crippen molar-refractivity contribution in [2.45, 2.75) is 19.5 Å². The summed E-state index contributed by atoms with van der Waals surface area (Å²) in [6, 6.07) is 15.2. The van der Waals surface area contributed by atoms with Gasteiger partial charge in [-0.15, -0.1) is 0 Å². The molecule has 0 bridgehead atoms. The molecule has 5 N–H and O–H groups in total. The van der Waals surface area contributed by atoms with Crippen molar-refractivity contribution in [2.75, 3.05) is 31.6 Å². The van der Waals surface area contributed by atoms with Crippen LogP contribution in [0.2, 0.25) is 0 Å². The van der Waals surface area contributed by atoms with Gasteiger partial charge in [0.1, 0.15) is 11.3 Å². The molecule has 0 aliphatic carbocycles. The van der Waals surface area contributed by atoms with Gasteiger partial charge < -0.3 is 20.9 Å². The molecule has 31 heavy (non-hydrogen) atoms. The number of anilines is 1. The van der Waals surface area contributed by atoms with Crippen molar-refractivity contribution in [3.63, 3.8) is 0 Å². The van der Waals surface area contributed by atoms with Crippen LogP contribution in [0, 0.1) is 0 Å². The Labute approximate surface area is 181 Å². The van der Waals surface area contributed by atoms with Crippen LogP contribution in [0.3, 0.4) is 0 Å². The molecule has 0 unspecified atom stereocenters. The number of phenolic OH excluding ortho intramolecular Hbond substituents is 1. The Morgan fingerprint density at radius 1 is 1.06 bits per heavy atom. The smallest absolute Gasteiger partial charge is 0.254 e. The summed E-state index contributed by atoms with van der Waals surface area (Å²) in [5.41, 5.74) is 9.97. The van der Waals surface area contributed by atoms with Crippen LogP contribution in [0.25, 0.3) is 0 Å². The summed E-state index contributed by atoms with van der Waals surface area (Å²) < 4.78 is 5.40. The van der Waals surface area contributed by atoms with E-state index in [2.05, 4.69) is 44.7 Å². The van der Waals surface area contributed by atoms with Gasteiger partial charge in [-0.25, -0.2) is 0 Å². The molecule has 8 nitrogen and oxygen atoms in total. The van der Waals surface area contributed by atoms with Gasteiger partial charge in [0, 0.05) is 32.6 Å². The number of primary amides is 1. The summed E-state index contributed by atoms with van der Waals surface area (Å²) in [7, 11) is 0. The van der Waals surface area contributed by atoms with Crippen LogP contribution < -0.4 is 11.1 Å². The zero-order chi connectivity index (χ0) is 21.6. The van der Waals surface area contributed by atoms with E-state index in [-0.39, 0.29) is 5.75 Å². The molecule has 2 aromatic carbocycles. The Balaban J connectivity index is 1.41. The zero-order valence-corrected chi connectivity index (χ0v) is 17.3. The average Bonchev–Trinajstić information content (AvgIpc) is 3.18. The molecule has 1 aliphatic heterocycles. The van der Waals surface area contributed by atoms with Gasteiger partial charge in [0.2, 0.25) is 0 Å². The van der Waals surface area contributed by atoms with E-state index >= 15 is 0 Å². The number of carbonyl (C=O) groups is 1. The number of aromatic amines is 1. The number of ether oxygens (including phenoxy) is 1. The van der Waals surface area contributed by atoms with Crippen molar-refractivity contribution in [3.05, 3.63) is 76.5 Å². The van der Waals surface area contributed by atoms with E-state index in [4.69, 9.17) is 10.5 Å². The molecule has 162 valence electrons. The second-order valence-corrected chi connectivity index (χ2v) is 7.69. The topological polar surface area (TPSA) is 116 Å². The molecule has 1 saturated heterocycles. The summed E-state index contributed by atoms with van der Waals surface area (Å²) in [5.74, 6) is 0.111. The van der Waals surface area contributed by atoms with Gasteiger partial charge in [-0.2, -0.15) is 5.10 Å². The molecular formula is C23H27N5O3. The minimum atomic E-state index is -0.527. The van der Waals surface area contributed by atoms with E-state index in [0.717, 1.165) is 44.0 Å². The fourth-order valence-corrected chi connectivity index (χ4v) is 3.68. The molecule has 0 saturated carbocycles. The number of carbonyl (C=O) groups excluding carboxylic acids is 1. The van der Waals surface area contributed by atoms with Crippen LogP contribution in [0.15, 0.2) is 48.5 Å². The van der Waals surface area contributed by atoms with Gasteiger partial charge in [-0.1, -0.05) is 36.4 Å². The minimum Gasteiger partial charge on any atom is -0.508 e. The maximum absolute atomic E-state index is 12.1. The van der Waals surface area contributed by atoms with Crippen molar-refractivity contribution < 1.29 is 14.6 Å². The van der Waals surface area contributed by atoms with E-state index in [9.17, 15) is 9.90 Å². The standard InChI is InChI=1S/C23H27N5O3/c24-22(30)21-20(26-27-23(21)25-14-17-5-7-19(29)8-6-17)13-16-1-3-18(4-2-16)15-28-9-11-31-12-10-28/h1-8,29H,9-15H2,(H2,24,30)(H2,25,26,27). The first-order valence-electron chi connectivity index (χ1n) is 10.4. The van der Waals surface area contributed by atoms with Crippen LogP contribution in [-0.4, -0.2) is 52.4 Å². The molecule has 0 spiro atoms. The number of rotatable bonds is 8. The maximum atomic E-state index is 12.1. The zero-order valence-electron chi connectivity index (χ0n) is 17.3. The number of aromatic hydroxyl groups is 1. The number of nitrogens with two attached hydrogens (primary N) is 1. The summed E-state index contributed by atoms with van der Waals surface area (Å²) in [6.45, 7) is 4.86. The molecule has 1 aliphatic rings. The number of nitrogens with zero attached hydrogens (tertiary/aromatic N) is 2. The number of phenols is 1. The number of hydrogen-bond acceptors (Lipinski definition) is 6. The number of H-pyrrole nitrogens is 1. The first-order valence-corrected chi connectivity index (χ1v) is 10.4. The Morgan fingerprint density at radius 3 is 2.39 bits per heavy atom. The molecular weight excluding hydrogens is 394 g/mol. The lowest BCUT2D eigenvalue weighted by atomic mass is 10.0. The van der Waals surface area contributed by atoms with Gasteiger partial charge in [0.25, 0.3) is 5.91 Å². The Bertz CT molecular complexity index is 1010. The number of amides is 1. The molecule has 1 amide bonds. The first-order chi connectivity index (χ1) is 15.1. The van der Waals surface area contributed by atoms with Crippen molar-refractivity contribution in [1.29, 1.82) is 0 Å². The fourth-order valence-electron chi connectivity index (χ4n) is 3.68. The van der Waals surface area contributed by atoms with E-state index in [1.807, 2.05) is 0 Å².